The molecule has 0 saturated carbocycles. The van der Waals surface area contributed by atoms with Gasteiger partial charge < -0.3 is 9.84 Å². The molecular formula is C11H16N2O4S. The first-order chi connectivity index (χ1) is 8.52. The molecule has 0 aliphatic carbocycles. The zero-order valence-corrected chi connectivity index (χ0v) is 11.1. The topological polar surface area (TPSA) is 88.5 Å². The highest BCUT2D eigenvalue weighted by Gasteiger charge is 2.19. The molecule has 1 aromatic heterocycles. The Morgan fingerprint density at radius 2 is 2.33 bits per heavy atom. The summed E-state index contributed by atoms with van der Waals surface area (Å²) in [6.45, 7) is 2.32. The van der Waals surface area contributed by atoms with E-state index in [0.29, 0.717) is 6.54 Å². The normalized spacial score (nSPS) is 12.1. The number of nitrogens with zero attached hydrogens (tertiary/aromatic N) is 1. The number of esters is 1. The molecule has 18 heavy (non-hydrogen) atoms. The molecular weight excluding hydrogens is 256 g/mol. The Balaban J connectivity index is 2.50. The fourth-order valence-electron chi connectivity index (χ4n) is 1.43. The van der Waals surface area contributed by atoms with Gasteiger partial charge in [0.2, 0.25) is 0 Å². The number of thiazole rings is 1. The minimum Gasteiger partial charge on any atom is -0.481 e. The second-order valence-electron chi connectivity index (χ2n) is 3.75. The van der Waals surface area contributed by atoms with Crippen LogP contribution in [0.5, 0.6) is 0 Å². The van der Waals surface area contributed by atoms with Crippen molar-refractivity contribution in [3.8, 4) is 0 Å². The highest BCUT2D eigenvalue weighted by molar-refractivity contribution is 7.09. The van der Waals surface area contributed by atoms with E-state index in [1.165, 1.54) is 18.4 Å². The van der Waals surface area contributed by atoms with E-state index in [4.69, 9.17) is 5.11 Å². The molecule has 6 nitrogen and oxygen atoms in total. The van der Waals surface area contributed by atoms with Crippen LogP contribution < -0.4 is 5.32 Å². The average molecular weight is 272 g/mol. The predicted octanol–water partition coefficient (Wildman–Crippen LogP) is 0.948. The fourth-order valence-corrected chi connectivity index (χ4v) is 2.04. The quantitative estimate of drug-likeness (QED) is 0.718. The number of aliphatic carboxylic acids is 1. The lowest BCUT2D eigenvalue weighted by molar-refractivity contribution is -0.144. The van der Waals surface area contributed by atoms with Crippen molar-refractivity contribution in [3.63, 3.8) is 0 Å². The summed E-state index contributed by atoms with van der Waals surface area (Å²) in [6, 6.07) is -0.617. The molecule has 1 atom stereocenters. The number of hydrogen-bond acceptors (Lipinski definition) is 6. The van der Waals surface area contributed by atoms with Crippen LogP contribution in [0.15, 0.2) is 5.38 Å². The number of carbonyl (C=O) groups excluding carboxylic acids is 1. The maximum absolute atomic E-state index is 11.5. The first-order valence-corrected chi connectivity index (χ1v) is 6.35. The summed E-state index contributed by atoms with van der Waals surface area (Å²) in [5.74, 6) is -1.39. The third-order valence-corrected chi connectivity index (χ3v) is 3.15. The van der Waals surface area contributed by atoms with Crippen molar-refractivity contribution in [2.45, 2.75) is 32.4 Å². The molecule has 0 aliphatic heterocycles. The van der Waals surface area contributed by atoms with Gasteiger partial charge in [-0.15, -0.1) is 11.3 Å². The largest absolute Gasteiger partial charge is 0.481 e. The Labute approximate surface area is 109 Å². The van der Waals surface area contributed by atoms with E-state index in [1.807, 2.05) is 12.3 Å². The molecule has 7 heteroatoms. The highest BCUT2D eigenvalue weighted by Crippen LogP contribution is 2.08. The van der Waals surface area contributed by atoms with Crippen molar-refractivity contribution in [2.75, 3.05) is 7.11 Å². The van der Waals surface area contributed by atoms with Crippen molar-refractivity contribution >= 4 is 23.3 Å². The third-order valence-electron chi connectivity index (χ3n) is 2.33. The summed E-state index contributed by atoms with van der Waals surface area (Å²) in [4.78, 5) is 26.2. The number of methoxy groups -OCH3 is 1. The van der Waals surface area contributed by atoms with Gasteiger partial charge in [0, 0.05) is 18.3 Å². The number of nitrogens with one attached hydrogen (secondary N) is 1. The lowest BCUT2D eigenvalue weighted by Crippen LogP contribution is -2.37. The van der Waals surface area contributed by atoms with E-state index < -0.39 is 18.0 Å². The maximum Gasteiger partial charge on any atom is 0.322 e. The summed E-state index contributed by atoms with van der Waals surface area (Å²) in [6.07, 6.45) is 0.119. The monoisotopic (exact) mass is 272 g/mol. The van der Waals surface area contributed by atoms with Crippen LogP contribution in [0, 0.1) is 6.92 Å². The molecule has 0 amide bonds. The van der Waals surface area contributed by atoms with Crippen LogP contribution in [0.3, 0.4) is 0 Å². The van der Waals surface area contributed by atoms with Gasteiger partial charge in [-0.1, -0.05) is 0 Å². The van der Waals surface area contributed by atoms with Crippen molar-refractivity contribution in [1.82, 2.24) is 10.3 Å². The number of carboxylic acids is 1. The number of rotatable bonds is 7. The molecule has 0 bridgehead atoms. The van der Waals surface area contributed by atoms with E-state index in [2.05, 4.69) is 15.0 Å². The zero-order chi connectivity index (χ0) is 13.5. The van der Waals surface area contributed by atoms with Gasteiger partial charge in [0.25, 0.3) is 0 Å². The van der Waals surface area contributed by atoms with Crippen molar-refractivity contribution in [2.24, 2.45) is 0 Å². The van der Waals surface area contributed by atoms with E-state index in [9.17, 15) is 9.59 Å². The van der Waals surface area contributed by atoms with Crippen LogP contribution in [0.1, 0.15) is 23.5 Å². The molecule has 2 N–H and O–H groups in total. The molecule has 0 fully saturated rings. The molecule has 1 unspecified atom stereocenters. The molecule has 1 rings (SSSR count). The summed E-state index contributed by atoms with van der Waals surface area (Å²) < 4.78 is 4.63. The van der Waals surface area contributed by atoms with Crippen LogP contribution in [-0.4, -0.2) is 35.2 Å². The van der Waals surface area contributed by atoms with Crippen molar-refractivity contribution in [3.05, 3.63) is 16.1 Å². The molecule has 0 spiro atoms. The van der Waals surface area contributed by atoms with Gasteiger partial charge in [-0.2, -0.15) is 0 Å². The van der Waals surface area contributed by atoms with Crippen molar-refractivity contribution in [1.29, 1.82) is 0 Å². The number of hydrogen-bond donors (Lipinski definition) is 2. The number of carbonyl (C=O) groups is 2. The Morgan fingerprint density at radius 1 is 1.61 bits per heavy atom. The van der Waals surface area contributed by atoms with E-state index in [0.717, 1.165) is 10.7 Å². The van der Waals surface area contributed by atoms with Gasteiger partial charge in [0.1, 0.15) is 6.04 Å². The Morgan fingerprint density at radius 3 is 2.83 bits per heavy atom. The standard InChI is InChI=1S/C11H16N2O4S/c1-7-13-8(6-18-7)5-12-9(11(16)17-2)3-4-10(14)15/h6,9,12H,3-5H2,1-2H3,(H,14,15). The molecule has 0 aromatic carbocycles. The van der Waals surface area contributed by atoms with Gasteiger partial charge in [-0.3, -0.25) is 14.9 Å². The number of carboxylic acid groups (broad SMARTS) is 1. The van der Waals surface area contributed by atoms with Gasteiger partial charge >= 0.3 is 11.9 Å². The minimum atomic E-state index is -0.935. The van der Waals surface area contributed by atoms with Crippen molar-refractivity contribution < 1.29 is 19.4 Å². The van der Waals surface area contributed by atoms with Gasteiger partial charge in [0.05, 0.1) is 17.8 Å². The first-order valence-electron chi connectivity index (χ1n) is 5.47. The number of aromatic nitrogens is 1. The van der Waals surface area contributed by atoms with Crippen LogP contribution in [-0.2, 0) is 20.9 Å². The summed E-state index contributed by atoms with van der Waals surface area (Å²) in [7, 11) is 1.28. The molecule has 0 aliphatic rings. The van der Waals surface area contributed by atoms with Gasteiger partial charge in [-0.05, 0) is 13.3 Å². The maximum atomic E-state index is 11.5. The summed E-state index contributed by atoms with van der Waals surface area (Å²) >= 11 is 1.53. The molecule has 0 saturated heterocycles. The minimum absolute atomic E-state index is 0.0805. The summed E-state index contributed by atoms with van der Waals surface area (Å²) in [5, 5.41) is 14.4. The fraction of sp³-hybridized carbons (Fsp3) is 0.545. The van der Waals surface area contributed by atoms with Crippen LogP contribution in [0.4, 0.5) is 0 Å². The second-order valence-corrected chi connectivity index (χ2v) is 4.81. The molecule has 1 aromatic rings. The molecule has 1 heterocycles. The Kier molecular flexibility index (Phi) is 5.73. The van der Waals surface area contributed by atoms with Crippen LogP contribution in [0.2, 0.25) is 0 Å². The van der Waals surface area contributed by atoms with E-state index in [-0.39, 0.29) is 12.8 Å². The lowest BCUT2D eigenvalue weighted by Gasteiger charge is -2.14. The van der Waals surface area contributed by atoms with Gasteiger partial charge in [-0.25, -0.2) is 4.98 Å². The van der Waals surface area contributed by atoms with Crippen LogP contribution >= 0.6 is 11.3 Å². The lowest BCUT2D eigenvalue weighted by atomic mass is 10.1. The molecule has 100 valence electrons. The second kappa shape index (κ2) is 7.07. The number of ether oxygens (including phenoxy) is 1. The summed E-state index contributed by atoms with van der Waals surface area (Å²) in [5.41, 5.74) is 0.835. The third kappa shape index (κ3) is 4.80. The average Bonchev–Trinajstić information content (AvgIpc) is 2.74. The van der Waals surface area contributed by atoms with E-state index in [1.54, 1.807) is 0 Å². The SMILES string of the molecule is COC(=O)C(CCC(=O)O)NCc1csc(C)n1. The first kappa shape index (κ1) is 14.6. The smallest absolute Gasteiger partial charge is 0.322 e. The zero-order valence-electron chi connectivity index (χ0n) is 10.3. The van der Waals surface area contributed by atoms with E-state index >= 15 is 0 Å². The Bertz CT molecular complexity index is 419. The number of aryl methyl sites for hydroxylation is 1. The Hall–Kier alpha value is -1.47. The highest BCUT2D eigenvalue weighted by atomic mass is 32.1. The molecule has 0 radical (unpaired) electrons. The predicted molar refractivity (Wildman–Crippen MR) is 66.4 cm³/mol. The van der Waals surface area contributed by atoms with Crippen LogP contribution in [0.25, 0.3) is 0 Å². The van der Waals surface area contributed by atoms with Gasteiger partial charge in [0.15, 0.2) is 0 Å².